The van der Waals surface area contributed by atoms with E-state index in [4.69, 9.17) is 0 Å². The number of fused-ring (bicyclic) bond motifs is 1. The summed E-state index contributed by atoms with van der Waals surface area (Å²) in [6.07, 6.45) is 4.12. The molecule has 3 rings (SSSR count). The summed E-state index contributed by atoms with van der Waals surface area (Å²) in [5.74, 6) is -0.197. The van der Waals surface area contributed by atoms with Crippen LogP contribution in [0.15, 0.2) is 23.1 Å². The Morgan fingerprint density at radius 2 is 1.81 bits per heavy atom. The Kier molecular flexibility index (Phi) is 4.55. The number of carbonyl (C=O) groups is 2. The monoisotopic (exact) mass is 370 g/mol. The topological polar surface area (TPSA) is 40.6 Å². The van der Waals surface area contributed by atoms with Gasteiger partial charge in [0.25, 0.3) is 11.1 Å². The van der Waals surface area contributed by atoms with Crippen molar-refractivity contribution in [3.05, 3.63) is 39.8 Å². The van der Waals surface area contributed by atoms with Gasteiger partial charge in [0.1, 0.15) is 0 Å². The second-order valence-electron chi connectivity index (χ2n) is 7.91. The average Bonchev–Trinajstić information content (AvgIpc) is 2.80. The molecule has 138 valence electrons. The first-order chi connectivity index (χ1) is 12.0. The largest absolute Gasteiger partial charge is 0.365 e. The fourth-order valence-electron chi connectivity index (χ4n) is 3.54. The second kappa shape index (κ2) is 6.31. The Morgan fingerprint density at radius 3 is 2.38 bits per heavy atom. The molecule has 0 N–H and O–H groups in total. The molecule has 0 aliphatic carbocycles. The number of hydrogen-bond acceptors (Lipinski definition) is 4. The Morgan fingerprint density at radius 1 is 1.15 bits per heavy atom. The van der Waals surface area contributed by atoms with Crippen molar-refractivity contribution in [2.45, 2.75) is 53.1 Å². The van der Waals surface area contributed by atoms with Gasteiger partial charge < -0.3 is 4.90 Å². The molecule has 0 unspecified atom stereocenters. The van der Waals surface area contributed by atoms with Crippen LogP contribution in [0.25, 0.3) is 11.6 Å². The number of allylic oxidation sites excluding steroid dienone is 1. The van der Waals surface area contributed by atoms with Crippen LogP contribution < -0.4 is 4.90 Å². The molecule has 5 heteroatoms. The molecule has 1 fully saturated rings. The zero-order chi connectivity index (χ0) is 19.4. The van der Waals surface area contributed by atoms with Crippen LogP contribution in [0.4, 0.5) is 10.5 Å². The number of likely N-dealkylation sites (N-methyl/N-ethyl adjacent to an activating group) is 1. The van der Waals surface area contributed by atoms with E-state index >= 15 is 0 Å². The number of amides is 2. The molecule has 1 aromatic carbocycles. The van der Waals surface area contributed by atoms with E-state index in [2.05, 4.69) is 50.9 Å². The van der Waals surface area contributed by atoms with E-state index in [1.165, 1.54) is 21.7 Å². The molecule has 4 nitrogen and oxygen atoms in total. The summed E-state index contributed by atoms with van der Waals surface area (Å²) >= 11 is 1.03. The zero-order valence-corrected chi connectivity index (χ0v) is 17.3. The lowest BCUT2D eigenvalue weighted by Gasteiger charge is -2.41. The highest BCUT2D eigenvalue weighted by atomic mass is 32.2. The molecule has 2 heterocycles. The van der Waals surface area contributed by atoms with E-state index in [9.17, 15) is 9.59 Å². The average molecular weight is 371 g/mol. The van der Waals surface area contributed by atoms with Crippen molar-refractivity contribution >= 4 is 40.2 Å². The Hall–Kier alpha value is -2.01. The SMILES string of the molecule is CC1=CC(C)(C)N(C)c2cc(C)c(/C=C3/SC(=O)N(C(C)C)C3=O)cc21. The lowest BCUT2D eigenvalue weighted by Crippen LogP contribution is -2.42. The van der Waals surface area contributed by atoms with E-state index in [1.807, 2.05) is 26.8 Å². The van der Waals surface area contributed by atoms with Crippen LogP contribution in [0, 0.1) is 6.92 Å². The predicted octanol–water partition coefficient (Wildman–Crippen LogP) is 5.07. The molecule has 1 aromatic rings. The molecule has 0 radical (unpaired) electrons. The van der Waals surface area contributed by atoms with Gasteiger partial charge in [-0.2, -0.15) is 0 Å². The summed E-state index contributed by atoms with van der Waals surface area (Å²) in [6, 6.07) is 4.18. The van der Waals surface area contributed by atoms with Crippen LogP contribution in [0.1, 0.15) is 51.3 Å². The molecule has 0 spiro atoms. The van der Waals surface area contributed by atoms with E-state index in [-0.39, 0.29) is 22.7 Å². The molecule has 0 aromatic heterocycles. The standard InChI is InChI=1S/C21H26N2O2S/c1-12(2)23-19(24)18(26-20(23)25)10-15-9-16-14(4)11-21(5,6)22(7)17(16)8-13(15)3/h8-12H,1-7H3/b18-10+. The van der Waals surface area contributed by atoms with E-state index in [1.54, 1.807) is 0 Å². The van der Waals surface area contributed by atoms with Crippen molar-refractivity contribution in [2.24, 2.45) is 0 Å². The quantitative estimate of drug-likeness (QED) is 0.681. The number of imide groups is 1. The molecule has 0 bridgehead atoms. The lowest BCUT2D eigenvalue weighted by molar-refractivity contribution is -0.123. The molecule has 2 aliphatic rings. The first-order valence-electron chi connectivity index (χ1n) is 8.88. The van der Waals surface area contributed by atoms with Crippen molar-refractivity contribution < 1.29 is 9.59 Å². The number of anilines is 1. The van der Waals surface area contributed by atoms with Crippen molar-refractivity contribution in [1.82, 2.24) is 4.90 Å². The van der Waals surface area contributed by atoms with E-state index < -0.39 is 0 Å². The molecular formula is C21H26N2O2S. The first kappa shape index (κ1) is 18.8. The first-order valence-corrected chi connectivity index (χ1v) is 9.70. The van der Waals surface area contributed by atoms with Gasteiger partial charge >= 0.3 is 0 Å². The van der Waals surface area contributed by atoms with Gasteiger partial charge in [0, 0.05) is 24.3 Å². The maximum atomic E-state index is 12.6. The number of benzene rings is 1. The van der Waals surface area contributed by atoms with Crippen LogP contribution in [-0.2, 0) is 4.79 Å². The van der Waals surface area contributed by atoms with Crippen molar-refractivity contribution in [2.75, 3.05) is 11.9 Å². The van der Waals surface area contributed by atoms with Gasteiger partial charge in [-0.1, -0.05) is 6.08 Å². The predicted molar refractivity (Wildman–Crippen MR) is 110 cm³/mol. The van der Waals surface area contributed by atoms with Crippen LogP contribution in [0.3, 0.4) is 0 Å². The van der Waals surface area contributed by atoms with Crippen molar-refractivity contribution in [3.8, 4) is 0 Å². The third kappa shape index (κ3) is 2.98. The van der Waals surface area contributed by atoms with Gasteiger partial charge in [-0.3, -0.25) is 14.5 Å². The van der Waals surface area contributed by atoms with Gasteiger partial charge in [-0.05, 0) is 88.2 Å². The fraction of sp³-hybridized carbons (Fsp3) is 0.429. The van der Waals surface area contributed by atoms with Crippen LogP contribution in [0.2, 0.25) is 0 Å². The third-order valence-electron chi connectivity index (χ3n) is 5.23. The van der Waals surface area contributed by atoms with E-state index in [0.717, 1.165) is 22.9 Å². The number of nitrogens with zero attached hydrogens (tertiary/aromatic N) is 2. The summed E-state index contributed by atoms with van der Waals surface area (Å²) in [7, 11) is 2.11. The van der Waals surface area contributed by atoms with Gasteiger partial charge in [-0.15, -0.1) is 0 Å². The number of aryl methyl sites for hydroxylation is 1. The van der Waals surface area contributed by atoms with Gasteiger partial charge in [0.05, 0.1) is 10.4 Å². The smallest absolute Gasteiger partial charge is 0.293 e. The number of thioether (sulfide) groups is 1. The minimum absolute atomic E-state index is 0.0367. The molecular weight excluding hydrogens is 344 g/mol. The Bertz CT molecular complexity index is 865. The highest BCUT2D eigenvalue weighted by molar-refractivity contribution is 8.18. The van der Waals surface area contributed by atoms with Crippen molar-refractivity contribution in [1.29, 1.82) is 0 Å². The molecule has 1 saturated heterocycles. The lowest BCUT2D eigenvalue weighted by atomic mass is 9.87. The summed E-state index contributed by atoms with van der Waals surface area (Å²) in [6.45, 7) is 12.3. The summed E-state index contributed by atoms with van der Waals surface area (Å²) < 4.78 is 0. The maximum absolute atomic E-state index is 12.6. The Balaban J connectivity index is 2.06. The zero-order valence-electron chi connectivity index (χ0n) is 16.5. The van der Waals surface area contributed by atoms with Crippen LogP contribution in [-0.4, -0.2) is 34.7 Å². The van der Waals surface area contributed by atoms with Gasteiger partial charge in [0.15, 0.2) is 0 Å². The van der Waals surface area contributed by atoms with Crippen LogP contribution >= 0.6 is 11.8 Å². The normalized spacial score (nSPS) is 20.9. The fourth-order valence-corrected chi connectivity index (χ4v) is 4.49. The highest BCUT2D eigenvalue weighted by Crippen LogP contribution is 2.40. The molecule has 2 aliphatic heterocycles. The second-order valence-corrected chi connectivity index (χ2v) is 8.90. The number of hydrogen-bond donors (Lipinski definition) is 0. The highest BCUT2D eigenvalue weighted by Gasteiger charge is 2.37. The van der Waals surface area contributed by atoms with Gasteiger partial charge in [0.2, 0.25) is 0 Å². The number of carbonyl (C=O) groups excluding carboxylic acids is 2. The third-order valence-corrected chi connectivity index (χ3v) is 6.11. The summed E-state index contributed by atoms with van der Waals surface area (Å²) in [4.78, 5) is 28.8. The minimum atomic E-state index is -0.197. The van der Waals surface area contributed by atoms with Crippen molar-refractivity contribution in [3.63, 3.8) is 0 Å². The maximum Gasteiger partial charge on any atom is 0.293 e. The molecule has 0 saturated carbocycles. The molecule has 0 atom stereocenters. The summed E-state index contributed by atoms with van der Waals surface area (Å²) in [5.41, 5.74) is 5.64. The molecule has 26 heavy (non-hydrogen) atoms. The number of rotatable bonds is 2. The summed E-state index contributed by atoms with van der Waals surface area (Å²) in [5, 5.41) is -0.190. The van der Waals surface area contributed by atoms with Crippen LogP contribution in [0.5, 0.6) is 0 Å². The Labute approximate surface area is 159 Å². The minimum Gasteiger partial charge on any atom is -0.365 e. The van der Waals surface area contributed by atoms with Gasteiger partial charge in [-0.25, -0.2) is 0 Å². The van der Waals surface area contributed by atoms with E-state index in [0.29, 0.717) is 4.91 Å². The molecule has 2 amide bonds.